The quantitative estimate of drug-likeness (QED) is 0.480. The minimum atomic E-state index is 0.514. The van der Waals surface area contributed by atoms with Gasteiger partial charge in [-0.2, -0.15) is 0 Å². The average molecular weight is 217 g/mol. The Labute approximate surface area is 95.0 Å². The molecule has 0 bridgehead atoms. The Morgan fingerprint density at radius 2 is 2.31 bits per heavy atom. The number of ether oxygens (including phenoxy) is 1. The van der Waals surface area contributed by atoms with Gasteiger partial charge < -0.3 is 9.94 Å². The maximum atomic E-state index is 8.89. The van der Waals surface area contributed by atoms with Crippen molar-refractivity contribution in [1.29, 1.82) is 0 Å². The lowest BCUT2D eigenvalue weighted by Gasteiger charge is -2.17. The first-order valence-corrected chi connectivity index (χ1v) is 5.43. The highest BCUT2D eigenvalue weighted by atomic mass is 16.5. The van der Waals surface area contributed by atoms with Crippen molar-refractivity contribution in [3.8, 4) is 5.75 Å². The Morgan fingerprint density at radius 1 is 1.44 bits per heavy atom. The second kappa shape index (κ2) is 4.84. The van der Waals surface area contributed by atoms with Gasteiger partial charge in [0.05, 0.1) is 5.71 Å². The summed E-state index contributed by atoms with van der Waals surface area (Å²) in [5.41, 5.74) is 3.01. The SMILES string of the molecule is C=CCOc1ccc2c(c1)CCCC2=NO. The lowest BCUT2D eigenvalue weighted by Crippen LogP contribution is -2.12. The van der Waals surface area contributed by atoms with E-state index >= 15 is 0 Å². The maximum absolute atomic E-state index is 8.89. The predicted octanol–water partition coefficient (Wildman–Crippen LogP) is 2.77. The second-order valence-electron chi connectivity index (χ2n) is 3.82. The maximum Gasteiger partial charge on any atom is 0.120 e. The molecule has 0 spiro atoms. The highest BCUT2D eigenvalue weighted by molar-refractivity contribution is 6.02. The molecule has 0 radical (unpaired) electrons. The molecule has 0 aromatic heterocycles. The second-order valence-corrected chi connectivity index (χ2v) is 3.82. The molecule has 0 aliphatic heterocycles. The summed E-state index contributed by atoms with van der Waals surface area (Å²) in [5.74, 6) is 0.845. The molecule has 0 atom stereocenters. The fraction of sp³-hybridized carbons (Fsp3) is 0.308. The van der Waals surface area contributed by atoms with Crippen LogP contribution in [-0.2, 0) is 6.42 Å². The van der Waals surface area contributed by atoms with Crippen LogP contribution >= 0.6 is 0 Å². The van der Waals surface area contributed by atoms with E-state index < -0.39 is 0 Å². The summed E-state index contributed by atoms with van der Waals surface area (Å²) in [4.78, 5) is 0. The minimum Gasteiger partial charge on any atom is -0.490 e. The molecular formula is C13H15NO2. The van der Waals surface area contributed by atoms with E-state index in [-0.39, 0.29) is 0 Å². The van der Waals surface area contributed by atoms with Crippen LogP contribution in [0.1, 0.15) is 24.0 Å². The zero-order chi connectivity index (χ0) is 11.4. The monoisotopic (exact) mass is 217 g/mol. The largest absolute Gasteiger partial charge is 0.490 e. The minimum absolute atomic E-state index is 0.514. The Hall–Kier alpha value is -1.77. The van der Waals surface area contributed by atoms with Crippen LogP contribution in [-0.4, -0.2) is 17.5 Å². The highest BCUT2D eigenvalue weighted by Gasteiger charge is 2.16. The van der Waals surface area contributed by atoms with Crippen molar-refractivity contribution in [3.05, 3.63) is 42.0 Å². The van der Waals surface area contributed by atoms with Crippen LogP contribution in [0.15, 0.2) is 36.0 Å². The smallest absolute Gasteiger partial charge is 0.120 e. The van der Waals surface area contributed by atoms with Crippen LogP contribution in [0.4, 0.5) is 0 Å². The summed E-state index contributed by atoms with van der Waals surface area (Å²) in [5, 5.41) is 12.2. The fourth-order valence-electron chi connectivity index (χ4n) is 1.99. The zero-order valence-electron chi connectivity index (χ0n) is 9.15. The van der Waals surface area contributed by atoms with E-state index in [2.05, 4.69) is 11.7 Å². The van der Waals surface area contributed by atoms with E-state index in [0.717, 1.165) is 36.3 Å². The van der Waals surface area contributed by atoms with Gasteiger partial charge in [-0.05, 0) is 43.0 Å². The summed E-state index contributed by atoms with van der Waals surface area (Å²) < 4.78 is 5.47. The Balaban J connectivity index is 2.28. The predicted molar refractivity (Wildman–Crippen MR) is 63.4 cm³/mol. The highest BCUT2D eigenvalue weighted by Crippen LogP contribution is 2.25. The number of nitrogens with zero attached hydrogens (tertiary/aromatic N) is 1. The van der Waals surface area contributed by atoms with Gasteiger partial charge in [-0.15, -0.1) is 0 Å². The first kappa shape index (κ1) is 10.7. The summed E-state index contributed by atoms with van der Waals surface area (Å²) in [6, 6.07) is 5.88. The molecule has 0 saturated heterocycles. The van der Waals surface area contributed by atoms with E-state index in [9.17, 15) is 0 Å². The molecule has 16 heavy (non-hydrogen) atoms. The standard InChI is InChI=1S/C13H15NO2/c1-2-8-16-11-6-7-12-10(9-11)4-3-5-13(12)14-15/h2,6-7,9,15H,1,3-5,8H2. The van der Waals surface area contributed by atoms with Gasteiger partial charge >= 0.3 is 0 Å². The van der Waals surface area contributed by atoms with Crippen LogP contribution in [0.25, 0.3) is 0 Å². The van der Waals surface area contributed by atoms with Crippen LogP contribution < -0.4 is 4.74 Å². The van der Waals surface area contributed by atoms with E-state index in [1.54, 1.807) is 6.08 Å². The molecule has 3 heteroatoms. The molecule has 1 aromatic rings. The summed E-state index contributed by atoms with van der Waals surface area (Å²) in [7, 11) is 0. The number of fused-ring (bicyclic) bond motifs is 1. The van der Waals surface area contributed by atoms with Crippen molar-refractivity contribution >= 4 is 5.71 Å². The molecule has 0 fully saturated rings. The lowest BCUT2D eigenvalue weighted by atomic mass is 9.90. The van der Waals surface area contributed by atoms with Gasteiger partial charge in [-0.1, -0.05) is 17.8 Å². The first-order valence-electron chi connectivity index (χ1n) is 5.43. The van der Waals surface area contributed by atoms with Gasteiger partial charge in [0.15, 0.2) is 0 Å². The van der Waals surface area contributed by atoms with Gasteiger partial charge in [0.2, 0.25) is 0 Å². The summed E-state index contributed by atoms with van der Waals surface area (Å²) >= 11 is 0. The summed E-state index contributed by atoms with van der Waals surface area (Å²) in [6.45, 7) is 4.13. The number of benzene rings is 1. The number of rotatable bonds is 3. The third kappa shape index (κ3) is 2.08. The molecule has 1 aliphatic rings. The lowest BCUT2D eigenvalue weighted by molar-refractivity contribution is 0.317. The van der Waals surface area contributed by atoms with Crippen LogP contribution in [0.5, 0.6) is 5.75 Å². The van der Waals surface area contributed by atoms with Crippen molar-refractivity contribution in [2.24, 2.45) is 5.16 Å². The summed E-state index contributed by atoms with van der Waals surface area (Å²) in [6.07, 6.45) is 4.60. The zero-order valence-corrected chi connectivity index (χ0v) is 9.15. The van der Waals surface area contributed by atoms with E-state index in [1.807, 2.05) is 18.2 Å². The van der Waals surface area contributed by atoms with Crippen LogP contribution in [0.2, 0.25) is 0 Å². The molecule has 3 nitrogen and oxygen atoms in total. The molecule has 0 amide bonds. The van der Waals surface area contributed by atoms with Crippen molar-refractivity contribution < 1.29 is 9.94 Å². The molecule has 1 N–H and O–H groups in total. The van der Waals surface area contributed by atoms with E-state index in [1.165, 1.54) is 5.56 Å². The van der Waals surface area contributed by atoms with Crippen molar-refractivity contribution in [3.63, 3.8) is 0 Å². The molecule has 0 heterocycles. The van der Waals surface area contributed by atoms with Gasteiger partial charge in [-0.3, -0.25) is 0 Å². The molecule has 1 aromatic carbocycles. The van der Waals surface area contributed by atoms with Crippen molar-refractivity contribution in [2.45, 2.75) is 19.3 Å². The van der Waals surface area contributed by atoms with Crippen LogP contribution in [0.3, 0.4) is 0 Å². The fourth-order valence-corrected chi connectivity index (χ4v) is 1.99. The Morgan fingerprint density at radius 3 is 3.06 bits per heavy atom. The van der Waals surface area contributed by atoms with Gasteiger partial charge in [0, 0.05) is 5.56 Å². The topological polar surface area (TPSA) is 41.8 Å². The molecule has 1 aliphatic carbocycles. The third-order valence-electron chi connectivity index (χ3n) is 2.74. The normalized spacial score (nSPS) is 16.9. The Kier molecular flexibility index (Phi) is 3.25. The number of hydrogen-bond donors (Lipinski definition) is 1. The molecule has 2 rings (SSSR count). The number of aryl methyl sites for hydroxylation is 1. The Bertz CT molecular complexity index is 424. The van der Waals surface area contributed by atoms with Crippen molar-refractivity contribution in [2.75, 3.05) is 6.61 Å². The average Bonchev–Trinajstić information content (AvgIpc) is 2.35. The van der Waals surface area contributed by atoms with Crippen molar-refractivity contribution in [1.82, 2.24) is 0 Å². The number of oxime groups is 1. The van der Waals surface area contributed by atoms with Gasteiger partial charge in [-0.25, -0.2) is 0 Å². The van der Waals surface area contributed by atoms with Crippen LogP contribution in [0, 0.1) is 0 Å². The number of hydrogen-bond acceptors (Lipinski definition) is 3. The third-order valence-corrected chi connectivity index (χ3v) is 2.74. The molecular weight excluding hydrogens is 202 g/mol. The van der Waals surface area contributed by atoms with Gasteiger partial charge in [0.25, 0.3) is 0 Å². The molecule has 0 unspecified atom stereocenters. The molecule has 84 valence electrons. The van der Waals surface area contributed by atoms with E-state index in [0.29, 0.717) is 6.61 Å². The molecule has 0 saturated carbocycles. The van der Waals surface area contributed by atoms with Gasteiger partial charge in [0.1, 0.15) is 12.4 Å². The van der Waals surface area contributed by atoms with E-state index in [4.69, 9.17) is 9.94 Å². The first-order chi connectivity index (χ1) is 7.85.